The van der Waals surface area contributed by atoms with Crippen molar-refractivity contribution in [1.82, 2.24) is 4.98 Å². The Morgan fingerprint density at radius 3 is 2.75 bits per heavy atom. The molecule has 2 aliphatic heterocycles. The van der Waals surface area contributed by atoms with Crippen LogP contribution in [0.1, 0.15) is 28.3 Å². The number of aryl methyl sites for hydroxylation is 1. The minimum atomic E-state index is -0.102. The van der Waals surface area contributed by atoms with E-state index in [9.17, 15) is 0 Å². The van der Waals surface area contributed by atoms with E-state index in [-0.39, 0.29) is 12.8 Å². The molecule has 138 valence electrons. The van der Waals surface area contributed by atoms with Gasteiger partial charge in [-0.2, -0.15) is 0 Å². The lowest BCUT2D eigenvalue weighted by Gasteiger charge is -2.24. The van der Waals surface area contributed by atoms with Gasteiger partial charge >= 0.3 is 0 Å². The Bertz CT molecular complexity index is 1080. The van der Waals surface area contributed by atoms with Crippen molar-refractivity contribution in [1.29, 1.82) is 0 Å². The van der Waals surface area contributed by atoms with Crippen LogP contribution in [-0.2, 0) is 9.47 Å². The zero-order chi connectivity index (χ0) is 18.9. The number of ether oxygens (including phenoxy) is 2. The molecule has 1 unspecified atom stereocenters. The van der Waals surface area contributed by atoms with Gasteiger partial charge in [0.2, 0.25) is 12.7 Å². The molecule has 0 radical (unpaired) electrons. The Kier molecular flexibility index (Phi) is 4.05. The largest absolute Gasteiger partial charge is 0.459 e. The molecule has 0 bridgehead atoms. The molecule has 0 saturated heterocycles. The van der Waals surface area contributed by atoms with Gasteiger partial charge in [0.1, 0.15) is 18.1 Å². The first-order chi connectivity index (χ1) is 13.8. The summed E-state index contributed by atoms with van der Waals surface area (Å²) in [5.41, 5.74) is 5.44. The second-order valence-corrected chi connectivity index (χ2v) is 6.79. The van der Waals surface area contributed by atoms with E-state index in [1.807, 2.05) is 35.4 Å². The summed E-state index contributed by atoms with van der Waals surface area (Å²) in [6.45, 7) is 2.28. The molecule has 2 aliphatic rings. The molecule has 5 nitrogen and oxygen atoms in total. The highest BCUT2D eigenvalue weighted by molar-refractivity contribution is 6.14. The van der Waals surface area contributed by atoms with E-state index in [0.717, 1.165) is 33.8 Å². The number of hydrogen-bond donors (Lipinski definition) is 0. The molecule has 5 heteroatoms. The van der Waals surface area contributed by atoms with Gasteiger partial charge in [-0.15, -0.1) is 0 Å². The van der Waals surface area contributed by atoms with E-state index in [1.165, 1.54) is 0 Å². The van der Waals surface area contributed by atoms with E-state index in [1.54, 1.807) is 12.5 Å². The summed E-state index contributed by atoms with van der Waals surface area (Å²) in [5.74, 6) is 1.47. The molecule has 2 aromatic carbocycles. The number of hydrogen-bond acceptors (Lipinski definition) is 5. The fourth-order valence-electron chi connectivity index (χ4n) is 3.64. The van der Waals surface area contributed by atoms with Gasteiger partial charge < -0.3 is 9.47 Å². The molecule has 0 fully saturated rings. The van der Waals surface area contributed by atoms with Gasteiger partial charge in [0.15, 0.2) is 0 Å². The van der Waals surface area contributed by atoms with Gasteiger partial charge in [0.25, 0.3) is 0 Å². The highest BCUT2D eigenvalue weighted by Gasteiger charge is 2.33. The van der Waals surface area contributed by atoms with Crippen molar-refractivity contribution >= 4 is 11.5 Å². The number of fused-ring (bicyclic) bond motifs is 1. The van der Waals surface area contributed by atoms with E-state index in [4.69, 9.17) is 14.5 Å². The van der Waals surface area contributed by atoms with Crippen LogP contribution in [0.5, 0.6) is 0 Å². The molecule has 28 heavy (non-hydrogen) atoms. The van der Waals surface area contributed by atoms with Crippen molar-refractivity contribution in [2.45, 2.75) is 13.0 Å². The second-order valence-electron chi connectivity index (χ2n) is 6.79. The first-order valence-electron chi connectivity index (χ1n) is 9.19. The molecule has 3 heterocycles. The predicted octanol–water partition coefficient (Wildman–Crippen LogP) is 4.55. The van der Waals surface area contributed by atoms with Gasteiger partial charge in [-0.05, 0) is 41.8 Å². The number of aromatic nitrogens is 1. The van der Waals surface area contributed by atoms with E-state index in [0.29, 0.717) is 5.88 Å². The van der Waals surface area contributed by atoms with Crippen LogP contribution in [-0.4, -0.2) is 17.6 Å². The van der Waals surface area contributed by atoms with Crippen molar-refractivity contribution in [2.24, 2.45) is 4.99 Å². The van der Waals surface area contributed by atoms with Crippen molar-refractivity contribution in [3.63, 3.8) is 0 Å². The lowest BCUT2D eigenvalue weighted by atomic mass is 9.98. The Labute approximate surface area is 163 Å². The number of amidine groups is 1. The highest BCUT2D eigenvalue weighted by Crippen LogP contribution is 2.38. The second kappa shape index (κ2) is 6.85. The summed E-state index contributed by atoms with van der Waals surface area (Å²) in [6, 6.07) is 20.5. The SMILES string of the molecule is Cc1cccc(N(C2=COCO2)C2=NC(c3cccnc3)c3ccccc32)c1. The number of rotatable bonds is 3. The number of nitrogens with zero attached hydrogens (tertiary/aromatic N) is 3. The molecule has 0 amide bonds. The third kappa shape index (κ3) is 2.81. The number of anilines is 1. The summed E-state index contributed by atoms with van der Waals surface area (Å²) in [7, 11) is 0. The average Bonchev–Trinajstić information content (AvgIpc) is 3.38. The smallest absolute Gasteiger partial charge is 0.238 e. The van der Waals surface area contributed by atoms with Gasteiger partial charge in [-0.3, -0.25) is 14.9 Å². The minimum Gasteiger partial charge on any atom is -0.459 e. The van der Waals surface area contributed by atoms with E-state index >= 15 is 0 Å². The van der Waals surface area contributed by atoms with Crippen LogP contribution in [0.4, 0.5) is 5.69 Å². The molecule has 1 atom stereocenters. The molecule has 5 rings (SSSR count). The lowest BCUT2D eigenvalue weighted by molar-refractivity contribution is 0.0801. The van der Waals surface area contributed by atoms with Gasteiger partial charge in [0, 0.05) is 18.0 Å². The maximum atomic E-state index is 5.75. The van der Waals surface area contributed by atoms with Crippen LogP contribution in [0, 0.1) is 6.92 Å². The topological polar surface area (TPSA) is 47.0 Å². The number of aliphatic imine (C=N–C) groups is 1. The zero-order valence-electron chi connectivity index (χ0n) is 15.4. The molecular weight excluding hydrogens is 350 g/mol. The highest BCUT2D eigenvalue weighted by atomic mass is 16.7. The van der Waals surface area contributed by atoms with Crippen LogP contribution in [0.2, 0.25) is 0 Å². The van der Waals surface area contributed by atoms with Crippen LogP contribution in [0.15, 0.2) is 90.2 Å². The first kappa shape index (κ1) is 16.6. The van der Waals surface area contributed by atoms with Gasteiger partial charge in [-0.1, -0.05) is 42.5 Å². The fraction of sp³-hybridized carbons (Fsp3) is 0.130. The maximum absolute atomic E-state index is 5.75. The molecule has 0 aliphatic carbocycles. The van der Waals surface area contributed by atoms with Gasteiger partial charge in [-0.25, -0.2) is 0 Å². The quantitative estimate of drug-likeness (QED) is 0.680. The zero-order valence-corrected chi connectivity index (χ0v) is 15.4. The summed E-state index contributed by atoms with van der Waals surface area (Å²) in [5, 5.41) is 0. The molecule has 0 spiro atoms. The van der Waals surface area contributed by atoms with Crippen molar-refractivity contribution in [3.05, 3.63) is 107 Å². The van der Waals surface area contributed by atoms with Crippen LogP contribution in [0.3, 0.4) is 0 Å². The van der Waals surface area contributed by atoms with Crippen LogP contribution in [0.25, 0.3) is 0 Å². The number of benzene rings is 2. The Hall–Kier alpha value is -3.60. The third-order valence-corrected chi connectivity index (χ3v) is 4.90. The van der Waals surface area contributed by atoms with Gasteiger partial charge in [0.05, 0.1) is 5.69 Å². The predicted molar refractivity (Wildman–Crippen MR) is 108 cm³/mol. The average molecular weight is 369 g/mol. The van der Waals surface area contributed by atoms with E-state index in [2.05, 4.69) is 48.3 Å². The number of pyridine rings is 1. The summed E-state index contributed by atoms with van der Waals surface area (Å²) in [4.78, 5) is 11.4. The first-order valence-corrected chi connectivity index (χ1v) is 9.19. The minimum absolute atomic E-state index is 0.102. The van der Waals surface area contributed by atoms with Crippen molar-refractivity contribution in [3.8, 4) is 0 Å². The molecule has 0 N–H and O–H groups in total. The Morgan fingerprint density at radius 1 is 1.04 bits per heavy atom. The fourth-order valence-corrected chi connectivity index (χ4v) is 3.64. The Morgan fingerprint density at radius 2 is 1.96 bits per heavy atom. The normalized spacial score (nSPS) is 17.2. The van der Waals surface area contributed by atoms with Crippen LogP contribution >= 0.6 is 0 Å². The van der Waals surface area contributed by atoms with E-state index < -0.39 is 0 Å². The monoisotopic (exact) mass is 369 g/mol. The molecule has 3 aromatic rings. The lowest BCUT2D eigenvalue weighted by Crippen LogP contribution is -2.30. The summed E-state index contributed by atoms with van der Waals surface area (Å²) >= 11 is 0. The summed E-state index contributed by atoms with van der Waals surface area (Å²) in [6.07, 6.45) is 5.30. The Balaban J connectivity index is 1.68. The van der Waals surface area contributed by atoms with Crippen LogP contribution < -0.4 is 4.90 Å². The molecule has 0 saturated carbocycles. The molecule has 1 aromatic heterocycles. The third-order valence-electron chi connectivity index (χ3n) is 4.90. The summed E-state index contributed by atoms with van der Waals surface area (Å²) < 4.78 is 11.1. The van der Waals surface area contributed by atoms with Crippen molar-refractivity contribution in [2.75, 3.05) is 11.7 Å². The van der Waals surface area contributed by atoms with Crippen molar-refractivity contribution < 1.29 is 9.47 Å². The standard InChI is InChI=1S/C23H19N3O2/c1-16-6-4-8-18(12-16)26(21-14-27-15-28-21)23-20-10-3-2-9-19(20)22(25-23)17-7-5-11-24-13-17/h2-14,22H,15H2,1H3. The molecular formula is C23H19N3O2. The maximum Gasteiger partial charge on any atom is 0.238 e.